The molecule has 1 aliphatic rings. The number of carbonyl (C=O) groups excluding carboxylic acids is 1. The second kappa shape index (κ2) is 8.52. The molecule has 0 aromatic heterocycles. The lowest BCUT2D eigenvalue weighted by molar-refractivity contribution is -0.136. The Kier molecular flexibility index (Phi) is 6.56. The van der Waals surface area contributed by atoms with Crippen LogP contribution in [0.25, 0.3) is 0 Å². The second-order valence-corrected chi connectivity index (χ2v) is 6.90. The van der Waals surface area contributed by atoms with Crippen molar-refractivity contribution in [3.05, 3.63) is 57.9 Å². The van der Waals surface area contributed by atoms with Gasteiger partial charge in [0.25, 0.3) is 0 Å². The minimum Gasteiger partial charge on any atom is -0.478 e. The van der Waals surface area contributed by atoms with E-state index in [1.54, 1.807) is 18.9 Å². The first-order valence-electron chi connectivity index (χ1n) is 8.68. The number of rotatable bonds is 6. The number of carboxylic acids is 1. The number of methoxy groups -OCH3 is 1. The predicted molar refractivity (Wildman–Crippen MR) is 99.4 cm³/mol. The molecule has 1 unspecified atom stereocenters. The number of carboxylic acid groups (broad SMARTS) is 1. The van der Waals surface area contributed by atoms with Crippen molar-refractivity contribution < 1.29 is 28.2 Å². The van der Waals surface area contributed by atoms with Crippen molar-refractivity contribution in [3.63, 3.8) is 0 Å². The van der Waals surface area contributed by atoms with Crippen LogP contribution < -0.4 is 0 Å². The summed E-state index contributed by atoms with van der Waals surface area (Å²) in [6.07, 6.45) is 0.423. The normalized spacial score (nSPS) is 17.4. The molecule has 8 heteroatoms. The molecule has 1 heterocycles. The molecule has 2 rings (SSSR count). The molecule has 28 heavy (non-hydrogen) atoms. The lowest BCUT2D eigenvalue weighted by atomic mass is 9.79. The smallest absolute Gasteiger partial charge is 0.336 e. The number of allylic oxidation sites excluding steroid dienone is 1. The third-order valence-electron chi connectivity index (χ3n) is 4.84. The summed E-state index contributed by atoms with van der Waals surface area (Å²) >= 11 is 0. The summed E-state index contributed by atoms with van der Waals surface area (Å²) in [6, 6.07) is 2.79. The maximum Gasteiger partial charge on any atom is 0.336 e. The van der Waals surface area contributed by atoms with Gasteiger partial charge in [0, 0.05) is 37.5 Å². The van der Waals surface area contributed by atoms with Crippen molar-refractivity contribution in [2.45, 2.75) is 19.3 Å². The number of nitrogens with zero attached hydrogens (tertiary/aromatic N) is 2. The van der Waals surface area contributed by atoms with Gasteiger partial charge in [-0.05, 0) is 38.7 Å². The average Bonchev–Trinajstić information content (AvgIpc) is 2.60. The lowest BCUT2D eigenvalue weighted by Crippen LogP contribution is -2.34. The van der Waals surface area contributed by atoms with Crippen molar-refractivity contribution in [1.82, 2.24) is 9.80 Å². The van der Waals surface area contributed by atoms with E-state index >= 15 is 0 Å². The van der Waals surface area contributed by atoms with E-state index in [9.17, 15) is 23.5 Å². The molecule has 0 fully saturated rings. The minimum absolute atomic E-state index is 0.0464. The van der Waals surface area contributed by atoms with Gasteiger partial charge in [0.15, 0.2) is 0 Å². The lowest BCUT2D eigenvalue weighted by Gasteiger charge is -2.37. The van der Waals surface area contributed by atoms with Crippen LogP contribution in [0.3, 0.4) is 0 Å². The van der Waals surface area contributed by atoms with Gasteiger partial charge in [-0.15, -0.1) is 0 Å². The molecular formula is C20H24F2N2O4. The summed E-state index contributed by atoms with van der Waals surface area (Å²) in [7, 11) is 6.58. The Morgan fingerprint density at radius 2 is 1.75 bits per heavy atom. The summed E-state index contributed by atoms with van der Waals surface area (Å²) < 4.78 is 32.7. The number of hydrogen-bond acceptors (Lipinski definition) is 5. The summed E-state index contributed by atoms with van der Waals surface area (Å²) in [5.74, 6) is -4.86. The van der Waals surface area contributed by atoms with Crippen LogP contribution in [-0.2, 0) is 14.3 Å². The first kappa shape index (κ1) is 21.6. The van der Waals surface area contributed by atoms with Gasteiger partial charge in [-0.3, -0.25) is 0 Å². The summed E-state index contributed by atoms with van der Waals surface area (Å²) in [4.78, 5) is 28.3. The Hall–Kier alpha value is -2.74. The van der Waals surface area contributed by atoms with Crippen LogP contribution in [0.2, 0.25) is 0 Å². The molecule has 0 amide bonds. The first-order chi connectivity index (χ1) is 13.1. The second-order valence-electron chi connectivity index (χ2n) is 6.90. The zero-order valence-electron chi connectivity index (χ0n) is 16.5. The number of hydrogen-bond donors (Lipinski definition) is 1. The van der Waals surface area contributed by atoms with Crippen molar-refractivity contribution in [3.8, 4) is 0 Å². The van der Waals surface area contributed by atoms with Crippen LogP contribution in [0.1, 0.15) is 24.8 Å². The van der Waals surface area contributed by atoms with Gasteiger partial charge in [-0.2, -0.15) is 0 Å². The fraction of sp³-hybridized carbons (Fsp3) is 0.400. The van der Waals surface area contributed by atoms with Crippen LogP contribution in [0, 0.1) is 11.6 Å². The average molecular weight is 394 g/mol. The Labute approximate surface area is 162 Å². The number of esters is 1. The topological polar surface area (TPSA) is 70.1 Å². The Bertz CT molecular complexity index is 842. The van der Waals surface area contributed by atoms with Crippen molar-refractivity contribution in [1.29, 1.82) is 0 Å². The zero-order valence-corrected chi connectivity index (χ0v) is 16.5. The van der Waals surface area contributed by atoms with Crippen LogP contribution in [0.15, 0.2) is 40.7 Å². The molecule has 1 aromatic rings. The Balaban J connectivity index is 2.80. The molecule has 1 N–H and O–H groups in total. The highest BCUT2D eigenvalue weighted by atomic mass is 19.1. The fourth-order valence-electron chi connectivity index (χ4n) is 3.41. The molecule has 0 aliphatic carbocycles. The number of ether oxygens (including phenoxy) is 1. The third kappa shape index (κ3) is 4.22. The highest BCUT2D eigenvalue weighted by Gasteiger charge is 2.40. The quantitative estimate of drug-likeness (QED) is 0.749. The van der Waals surface area contributed by atoms with E-state index in [0.717, 1.165) is 12.1 Å². The zero-order chi connectivity index (χ0) is 21.2. The van der Waals surface area contributed by atoms with E-state index < -0.39 is 29.5 Å². The van der Waals surface area contributed by atoms with Crippen LogP contribution in [-0.4, -0.2) is 61.6 Å². The van der Waals surface area contributed by atoms with Gasteiger partial charge in [-0.25, -0.2) is 18.4 Å². The van der Waals surface area contributed by atoms with Gasteiger partial charge >= 0.3 is 11.9 Å². The largest absolute Gasteiger partial charge is 0.478 e. The van der Waals surface area contributed by atoms with E-state index in [4.69, 9.17) is 4.74 Å². The van der Waals surface area contributed by atoms with Gasteiger partial charge in [0.2, 0.25) is 0 Å². The van der Waals surface area contributed by atoms with Gasteiger partial charge < -0.3 is 19.6 Å². The van der Waals surface area contributed by atoms with Crippen LogP contribution in [0.5, 0.6) is 0 Å². The molecule has 0 saturated carbocycles. The van der Waals surface area contributed by atoms with Gasteiger partial charge in [0.05, 0.1) is 24.2 Å². The summed E-state index contributed by atoms with van der Waals surface area (Å²) in [5.41, 5.74) is 0.938. The fourth-order valence-corrected chi connectivity index (χ4v) is 3.41. The summed E-state index contributed by atoms with van der Waals surface area (Å²) in [6.45, 7) is 2.19. The Morgan fingerprint density at radius 1 is 1.18 bits per heavy atom. The molecule has 0 spiro atoms. The molecular weight excluding hydrogens is 370 g/mol. The number of carbonyl (C=O) groups is 2. The molecule has 0 radical (unpaired) electrons. The first-order valence-corrected chi connectivity index (χ1v) is 8.68. The predicted octanol–water partition coefficient (Wildman–Crippen LogP) is 2.73. The number of benzene rings is 1. The monoisotopic (exact) mass is 394 g/mol. The SMILES string of the molecule is COC(=O)C1=C(CCN(C)C)N(C)C(C)=C(C(=O)O)C1c1cc(F)cc(F)c1. The number of aliphatic carboxylic acids is 1. The Morgan fingerprint density at radius 3 is 2.21 bits per heavy atom. The molecule has 0 saturated heterocycles. The van der Waals surface area contributed by atoms with Crippen molar-refractivity contribution in [2.24, 2.45) is 0 Å². The molecule has 1 aromatic carbocycles. The van der Waals surface area contributed by atoms with Gasteiger partial charge in [-0.1, -0.05) is 0 Å². The van der Waals surface area contributed by atoms with Crippen molar-refractivity contribution in [2.75, 3.05) is 34.8 Å². The summed E-state index contributed by atoms with van der Waals surface area (Å²) in [5, 5.41) is 9.82. The highest BCUT2D eigenvalue weighted by Crippen LogP contribution is 2.43. The number of halogens is 2. The molecule has 0 bridgehead atoms. The molecule has 1 atom stereocenters. The van der Waals surface area contributed by atoms with E-state index in [1.165, 1.54) is 7.11 Å². The van der Waals surface area contributed by atoms with Crippen LogP contribution >= 0.6 is 0 Å². The van der Waals surface area contributed by atoms with Crippen molar-refractivity contribution >= 4 is 11.9 Å². The molecule has 1 aliphatic heterocycles. The third-order valence-corrected chi connectivity index (χ3v) is 4.84. The van der Waals surface area contributed by atoms with E-state index in [1.807, 2.05) is 19.0 Å². The van der Waals surface area contributed by atoms with E-state index in [0.29, 0.717) is 30.4 Å². The standard InChI is InChI=1S/C20H24F2N2O4/c1-11-16(19(25)26)17(12-8-13(21)10-14(22)9-12)18(20(27)28-5)15(24(11)4)6-7-23(2)3/h8-10,17H,6-7H2,1-5H3,(H,25,26). The molecule has 6 nitrogen and oxygen atoms in total. The van der Waals surface area contributed by atoms with Gasteiger partial charge in [0.1, 0.15) is 11.6 Å². The van der Waals surface area contributed by atoms with E-state index in [-0.39, 0.29) is 16.7 Å². The maximum atomic E-state index is 13.9. The van der Waals surface area contributed by atoms with E-state index in [2.05, 4.69) is 0 Å². The minimum atomic E-state index is -1.27. The maximum absolute atomic E-state index is 13.9. The highest BCUT2D eigenvalue weighted by molar-refractivity contribution is 5.99. The van der Waals surface area contributed by atoms with Crippen LogP contribution in [0.4, 0.5) is 8.78 Å². The molecule has 152 valence electrons.